The topological polar surface area (TPSA) is 32.3 Å². The largest absolute Gasteiger partial charge is 0.322 e. The highest BCUT2D eigenvalue weighted by molar-refractivity contribution is 5.84. The number of benzene rings is 1. The van der Waals surface area contributed by atoms with E-state index in [4.69, 9.17) is 0 Å². The van der Waals surface area contributed by atoms with Crippen LogP contribution in [0.5, 0.6) is 0 Å². The van der Waals surface area contributed by atoms with Crippen LogP contribution >= 0.6 is 0 Å². The van der Waals surface area contributed by atoms with Gasteiger partial charge in [0, 0.05) is 6.54 Å². The van der Waals surface area contributed by atoms with Crippen molar-refractivity contribution in [2.75, 3.05) is 6.54 Å². The molecule has 0 radical (unpaired) electrons. The highest BCUT2D eigenvalue weighted by Crippen LogP contribution is 2.35. The van der Waals surface area contributed by atoms with Crippen LogP contribution in [0, 0.1) is 17.6 Å². The van der Waals surface area contributed by atoms with Crippen molar-refractivity contribution in [1.29, 1.82) is 0 Å². The summed E-state index contributed by atoms with van der Waals surface area (Å²) in [5.41, 5.74) is 0.606. The van der Waals surface area contributed by atoms with Crippen LogP contribution in [0.2, 0.25) is 0 Å². The number of nitrogens with zero attached hydrogens (tertiary/aromatic N) is 1. The molecule has 21 heavy (non-hydrogen) atoms. The van der Waals surface area contributed by atoms with Crippen molar-refractivity contribution >= 4 is 5.91 Å². The molecule has 1 aliphatic heterocycles. The molecule has 0 bridgehead atoms. The Hall–Kier alpha value is -1.49. The van der Waals surface area contributed by atoms with Gasteiger partial charge >= 0.3 is 0 Å². The number of nitrogens with one attached hydrogen (secondary N) is 1. The molecule has 2 unspecified atom stereocenters. The standard InChI is InChI=1S/C16H20F2N2O/c1-2-14-16(21)20(8-7-10-3-4-10)15(19-14)11-5-6-12(17)13(18)9-11/h5-6,9-10,14-15,19H,2-4,7-8H2,1H3. The van der Waals surface area contributed by atoms with Gasteiger partial charge in [0.2, 0.25) is 5.91 Å². The van der Waals surface area contributed by atoms with Gasteiger partial charge in [0.15, 0.2) is 11.6 Å². The summed E-state index contributed by atoms with van der Waals surface area (Å²) in [5.74, 6) is -0.944. The van der Waals surface area contributed by atoms with Crippen LogP contribution in [0.1, 0.15) is 44.3 Å². The third-order valence-electron chi connectivity index (χ3n) is 4.39. The molecule has 0 spiro atoms. The Balaban J connectivity index is 1.81. The molecular formula is C16H20F2N2O. The number of halogens is 2. The predicted octanol–water partition coefficient (Wildman–Crippen LogP) is 2.97. The fourth-order valence-corrected chi connectivity index (χ4v) is 2.90. The van der Waals surface area contributed by atoms with Gasteiger partial charge in [-0.3, -0.25) is 10.1 Å². The average molecular weight is 294 g/mol. The van der Waals surface area contributed by atoms with Gasteiger partial charge in [-0.25, -0.2) is 8.78 Å². The van der Waals surface area contributed by atoms with Crippen molar-refractivity contribution in [3.05, 3.63) is 35.4 Å². The molecule has 114 valence electrons. The highest BCUT2D eigenvalue weighted by atomic mass is 19.2. The average Bonchev–Trinajstić information content (AvgIpc) is 3.24. The van der Waals surface area contributed by atoms with Crippen LogP contribution in [0.3, 0.4) is 0 Å². The number of rotatable bonds is 5. The first kappa shape index (κ1) is 14.4. The summed E-state index contributed by atoms with van der Waals surface area (Å²) in [7, 11) is 0. The predicted molar refractivity (Wildman–Crippen MR) is 75.4 cm³/mol. The van der Waals surface area contributed by atoms with E-state index in [2.05, 4.69) is 5.32 Å². The van der Waals surface area contributed by atoms with Gasteiger partial charge in [-0.05, 0) is 36.5 Å². The van der Waals surface area contributed by atoms with E-state index >= 15 is 0 Å². The minimum atomic E-state index is -0.871. The van der Waals surface area contributed by atoms with Crippen molar-refractivity contribution in [2.45, 2.75) is 44.8 Å². The lowest BCUT2D eigenvalue weighted by atomic mass is 10.1. The smallest absolute Gasteiger partial charge is 0.241 e. The Bertz CT molecular complexity index is 545. The molecule has 1 saturated heterocycles. The monoisotopic (exact) mass is 294 g/mol. The van der Waals surface area contributed by atoms with Gasteiger partial charge in [-0.15, -0.1) is 0 Å². The molecule has 2 atom stereocenters. The summed E-state index contributed by atoms with van der Waals surface area (Å²) in [6, 6.07) is 3.62. The summed E-state index contributed by atoms with van der Waals surface area (Å²) in [4.78, 5) is 14.2. The molecule has 2 aliphatic rings. The maximum absolute atomic E-state index is 13.5. The Morgan fingerprint density at radius 2 is 2.05 bits per heavy atom. The zero-order chi connectivity index (χ0) is 15.0. The van der Waals surface area contributed by atoms with E-state index in [0.29, 0.717) is 18.5 Å². The van der Waals surface area contributed by atoms with Gasteiger partial charge in [0.05, 0.1) is 6.04 Å². The van der Waals surface area contributed by atoms with E-state index in [1.165, 1.54) is 18.9 Å². The van der Waals surface area contributed by atoms with Crippen LogP contribution in [0.25, 0.3) is 0 Å². The van der Waals surface area contributed by atoms with Crippen LogP contribution < -0.4 is 5.32 Å². The molecule has 2 fully saturated rings. The lowest BCUT2D eigenvalue weighted by Gasteiger charge is -2.24. The zero-order valence-corrected chi connectivity index (χ0v) is 12.1. The fourth-order valence-electron chi connectivity index (χ4n) is 2.90. The molecule has 0 aromatic heterocycles. The molecule has 1 amide bonds. The Morgan fingerprint density at radius 3 is 2.67 bits per heavy atom. The van der Waals surface area contributed by atoms with Crippen LogP contribution in [0.15, 0.2) is 18.2 Å². The second-order valence-corrected chi connectivity index (χ2v) is 5.97. The molecule has 5 heteroatoms. The SMILES string of the molecule is CCC1NC(c2ccc(F)c(F)c2)N(CCC2CC2)C1=O. The summed E-state index contributed by atoms with van der Waals surface area (Å²) in [6.07, 6.45) is 3.81. The normalized spacial score (nSPS) is 25.7. The van der Waals surface area contributed by atoms with E-state index in [-0.39, 0.29) is 18.1 Å². The quantitative estimate of drug-likeness (QED) is 0.905. The lowest BCUT2D eigenvalue weighted by Crippen LogP contribution is -2.32. The zero-order valence-electron chi connectivity index (χ0n) is 12.1. The second kappa shape index (κ2) is 5.72. The van der Waals surface area contributed by atoms with Gasteiger partial charge < -0.3 is 4.90 Å². The van der Waals surface area contributed by atoms with Gasteiger partial charge in [-0.1, -0.05) is 25.8 Å². The molecule has 3 rings (SSSR count). The van der Waals surface area contributed by atoms with Gasteiger partial charge in [0.25, 0.3) is 0 Å². The van der Waals surface area contributed by atoms with Crippen molar-refractivity contribution in [2.24, 2.45) is 5.92 Å². The van der Waals surface area contributed by atoms with E-state index in [0.717, 1.165) is 18.4 Å². The summed E-state index contributed by atoms with van der Waals surface area (Å²) in [5, 5.41) is 3.23. The molecule has 3 nitrogen and oxygen atoms in total. The third-order valence-corrected chi connectivity index (χ3v) is 4.39. The van der Waals surface area contributed by atoms with Crippen LogP contribution in [-0.2, 0) is 4.79 Å². The summed E-state index contributed by atoms with van der Waals surface area (Å²) in [6.45, 7) is 2.62. The van der Waals surface area contributed by atoms with Crippen molar-refractivity contribution in [1.82, 2.24) is 10.2 Å². The molecule has 1 saturated carbocycles. The first-order chi connectivity index (χ1) is 10.1. The van der Waals surface area contributed by atoms with Crippen molar-refractivity contribution < 1.29 is 13.6 Å². The minimum Gasteiger partial charge on any atom is -0.322 e. The van der Waals surface area contributed by atoms with E-state index in [9.17, 15) is 13.6 Å². The second-order valence-electron chi connectivity index (χ2n) is 5.97. The fraction of sp³-hybridized carbons (Fsp3) is 0.562. The Labute approximate surface area is 123 Å². The van der Waals surface area contributed by atoms with E-state index in [1.54, 1.807) is 11.0 Å². The van der Waals surface area contributed by atoms with Crippen LogP contribution in [-0.4, -0.2) is 23.4 Å². The number of amides is 1. The van der Waals surface area contributed by atoms with Crippen LogP contribution in [0.4, 0.5) is 8.78 Å². The number of carbonyl (C=O) groups is 1. The number of hydrogen-bond donors (Lipinski definition) is 1. The van der Waals surface area contributed by atoms with Gasteiger partial charge in [0.1, 0.15) is 6.17 Å². The molecular weight excluding hydrogens is 274 g/mol. The molecule has 1 aromatic carbocycles. The van der Waals surface area contributed by atoms with Crippen molar-refractivity contribution in [3.8, 4) is 0 Å². The minimum absolute atomic E-state index is 0.0629. The first-order valence-electron chi connectivity index (χ1n) is 7.61. The van der Waals surface area contributed by atoms with Crippen molar-refractivity contribution in [3.63, 3.8) is 0 Å². The maximum atomic E-state index is 13.5. The summed E-state index contributed by atoms with van der Waals surface area (Å²) >= 11 is 0. The lowest BCUT2D eigenvalue weighted by molar-refractivity contribution is -0.130. The van der Waals surface area contributed by atoms with Gasteiger partial charge in [-0.2, -0.15) is 0 Å². The maximum Gasteiger partial charge on any atom is 0.241 e. The van der Waals surface area contributed by atoms with E-state index in [1.807, 2.05) is 6.92 Å². The third kappa shape index (κ3) is 2.93. The molecule has 1 heterocycles. The Morgan fingerprint density at radius 1 is 1.29 bits per heavy atom. The molecule has 1 aliphatic carbocycles. The first-order valence-corrected chi connectivity index (χ1v) is 7.61. The Kier molecular flexibility index (Phi) is 3.93. The van der Waals surface area contributed by atoms with E-state index < -0.39 is 11.6 Å². The molecule has 1 aromatic rings. The summed E-state index contributed by atoms with van der Waals surface area (Å²) < 4.78 is 26.5. The number of hydrogen-bond acceptors (Lipinski definition) is 2. The highest BCUT2D eigenvalue weighted by Gasteiger charge is 2.39. The molecule has 1 N–H and O–H groups in total. The number of carbonyl (C=O) groups excluding carboxylic acids is 1.